The van der Waals surface area contributed by atoms with Crippen LogP contribution in [0.25, 0.3) is 0 Å². The van der Waals surface area contributed by atoms with Crippen molar-refractivity contribution in [3.05, 3.63) is 10.9 Å². The zero-order valence-electron chi connectivity index (χ0n) is 10.0. The number of likely N-dealkylation sites (tertiary alicyclic amines) is 1. The van der Waals surface area contributed by atoms with Gasteiger partial charge in [0.2, 0.25) is 5.06 Å². The Balaban J connectivity index is 1.86. The van der Waals surface area contributed by atoms with Gasteiger partial charge in [0, 0.05) is 29.6 Å². The van der Waals surface area contributed by atoms with Gasteiger partial charge >= 0.3 is 0 Å². The highest BCUT2D eigenvalue weighted by Gasteiger charge is 2.30. The Hall–Kier alpha value is -0.780. The number of hydrogen-bond donors (Lipinski definition) is 1. The number of ether oxygens (including phenoxy) is 2. The minimum atomic E-state index is 0.308. The lowest BCUT2D eigenvalue weighted by atomic mass is 9.95. The fraction of sp³-hybridized carbons (Fsp3) is 0.667. The molecule has 2 aliphatic rings. The summed E-state index contributed by atoms with van der Waals surface area (Å²) in [5.74, 6) is 0.966. The summed E-state index contributed by atoms with van der Waals surface area (Å²) in [7, 11) is 2.14. The van der Waals surface area contributed by atoms with Crippen LogP contribution in [-0.4, -0.2) is 37.7 Å². The summed E-state index contributed by atoms with van der Waals surface area (Å²) < 4.78 is 11.4. The van der Waals surface area contributed by atoms with Crippen molar-refractivity contribution in [1.29, 1.82) is 0 Å². The molecule has 1 aromatic rings. The minimum Gasteiger partial charge on any atom is -0.485 e. The molecule has 3 rings (SSSR count). The van der Waals surface area contributed by atoms with Crippen LogP contribution in [0.2, 0.25) is 0 Å². The van der Waals surface area contributed by atoms with Crippen molar-refractivity contribution < 1.29 is 9.47 Å². The quantitative estimate of drug-likeness (QED) is 0.827. The van der Waals surface area contributed by atoms with Crippen molar-refractivity contribution >= 4 is 11.3 Å². The average molecular weight is 254 g/mol. The number of piperidine rings is 1. The maximum absolute atomic E-state index is 5.98. The van der Waals surface area contributed by atoms with Crippen LogP contribution in [0.5, 0.6) is 10.8 Å². The second-order valence-corrected chi connectivity index (χ2v) is 5.64. The summed E-state index contributed by atoms with van der Waals surface area (Å²) in [5, 5.41) is 3.11. The summed E-state index contributed by atoms with van der Waals surface area (Å²) in [6.45, 7) is 2.28. The van der Waals surface area contributed by atoms with Gasteiger partial charge in [-0.15, -0.1) is 11.3 Å². The van der Waals surface area contributed by atoms with Gasteiger partial charge in [0.1, 0.15) is 13.2 Å². The van der Waals surface area contributed by atoms with Crippen LogP contribution in [-0.2, 0) is 0 Å². The highest BCUT2D eigenvalue weighted by Crippen LogP contribution is 2.46. The Morgan fingerprint density at radius 3 is 3.00 bits per heavy atom. The molecule has 1 saturated heterocycles. The van der Waals surface area contributed by atoms with E-state index in [2.05, 4.69) is 17.3 Å². The van der Waals surface area contributed by atoms with Gasteiger partial charge in [0.15, 0.2) is 5.75 Å². The highest BCUT2D eigenvalue weighted by atomic mass is 32.1. The van der Waals surface area contributed by atoms with Crippen molar-refractivity contribution in [3.63, 3.8) is 0 Å². The van der Waals surface area contributed by atoms with Crippen molar-refractivity contribution in [1.82, 2.24) is 4.90 Å². The third kappa shape index (κ3) is 2.03. The molecule has 2 aliphatic heterocycles. The molecule has 0 spiro atoms. The van der Waals surface area contributed by atoms with Gasteiger partial charge in [-0.05, 0) is 19.9 Å². The number of nitrogens with two attached hydrogens (primary N) is 1. The Kier molecular flexibility index (Phi) is 2.98. The predicted octanol–water partition coefficient (Wildman–Crippen LogP) is 1.61. The predicted molar refractivity (Wildman–Crippen MR) is 67.9 cm³/mol. The zero-order valence-corrected chi connectivity index (χ0v) is 10.8. The molecule has 3 heterocycles. The summed E-state index contributed by atoms with van der Waals surface area (Å²) in [4.78, 5) is 2.33. The van der Waals surface area contributed by atoms with E-state index in [9.17, 15) is 0 Å². The van der Waals surface area contributed by atoms with E-state index in [0.29, 0.717) is 25.3 Å². The van der Waals surface area contributed by atoms with E-state index in [-0.39, 0.29) is 0 Å². The summed E-state index contributed by atoms with van der Waals surface area (Å²) in [6, 6.07) is 0.736. The first-order chi connectivity index (χ1) is 8.25. The fourth-order valence-corrected chi connectivity index (χ4v) is 3.60. The maximum atomic E-state index is 5.98. The van der Waals surface area contributed by atoms with Crippen LogP contribution in [0.3, 0.4) is 0 Å². The van der Waals surface area contributed by atoms with E-state index in [0.717, 1.165) is 30.2 Å². The first-order valence-electron chi connectivity index (χ1n) is 6.08. The molecule has 1 aromatic heterocycles. The molecule has 4 nitrogen and oxygen atoms in total. The third-order valence-corrected chi connectivity index (χ3v) is 4.42. The van der Waals surface area contributed by atoms with Gasteiger partial charge in [-0.2, -0.15) is 0 Å². The van der Waals surface area contributed by atoms with Crippen LogP contribution in [0.1, 0.15) is 24.4 Å². The Morgan fingerprint density at radius 2 is 2.18 bits per heavy atom. The van der Waals surface area contributed by atoms with Gasteiger partial charge in [-0.1, -0.05) is 0 Å². The van der Waals surface area contributed by atoms with Gasteiger partial charge < -0.3 is 15.2 Å². The molecule has 2 N–H and O–H groups in total. The lowest BCUT2D eigenvalue weighted by Gasteiger charge is -2.36. The normalized spacial score (nSPS) is 29.3. The molecule has 94 valence electrons. The van der Waals surface area contributed by atoms with Crippen molar-refractivity contribution in [2.24, 2.45) is 5.73 Å². The molecule has 0 aromatic carbocycles. The average Bonchev–Trinajstić information content (AvgIpc) is 2.73. The largest absolute Gasteiger partial charge is 0.485 e. The standard InChI is InChI=1S/C12H18N2O2S/c1-14-6-8(13)2-3-10(14)9-7-17-12-11(9)15-4-5-16-12/h7-8,10H,2-6,13H2,1H3. The minimum absolute atomic E-state index is 0.308. The Morgan fingerprint density at radius 1 is 1.35 bits per heavy atom. The summed E-state index contributed by atoms with van der Waals surface area (Å²) in [5.41, 5.74) is 7.26. The van der Waals surface area contributed by atoms with Gasteiger partial charge in [0.05, 0.1) is 0 Å². The lowest BCUT2D eigenvalue weighted by molar-refractivity contribution is 0.150. The molecule has 2 unspecified atom stereocenters. The Labute approximate surface area is 105 Å². The molecule has 1 fully saturated rings. The molecular weight excluding hydrogens is 236 g/mol. The van der Waals surface area contributed by atoms with Crippen LogP contribution in [0.4, 0.5) is 0 Å². The van der Waals surface area contributed by atoms with Crippen molar-refractivity contribution in [3.8, 4) is 10.8 Å². The molecule has 0 radical (unpaired) electrons. The van der Waals surface area contributed by atoms with Gasteiger partial charge in [0.25, 0.3) is 0 Å². The van der Waals surface area contributed by atoms with Crippen LogP contribution >= 0.6 is 11.3 Å². The second-order valence-electron chi connectivity index (χ2n) is 4.80. The maximum Gasteiger partial charge on any atom is 0.217 e. The van der Waals surface area contributed by atoms with E-state index in [1.54, 1.807) is 11.3 Å². The molecule has 0 amide bonds. The smallest absolute Gasteiger partial charge is 0.217 e. The number of rotatable bonds is 1. The molecule has 0 aliphatic carbocycles. The zero-order chi connectivity index (χ0) is 11.8. The van der Waals surface area contributed by atoms with Gasteiger partial charge in [-0.3, -0.25) is 4.90 Å². The number of likely N-dealkylation sites (N-methyl/N-ethyl adjacent to an activating group) is 1. The summed E-state index contributed by atoms with van der Waals surface area (Å²) >= 11 is 1.64. The topological polar surface area (TPSA) is 47.7 Å². The molecule has 0 saturated carbocycles. The Bertz CT molecular complexity index is 407. The van der Waals surface area contributed by atoms with Crippen LogP contribution < -0.4 is 15.2 Å². The number of nitrogens with zero attached hydrogens (tertiary/aromatic N) is 1. The highest BCUT2D eigenvalue weighted by molar-refractivity contribution is 7.12. The third-order valence-electron chi connectivity index (χ3n) is 3.53. The SMILES string of the molecule is CN1CC(N)CCC1c1csc2c1OCCO2. The van der Waals surface area contributed by atoms with Gasteiger partial charge in [-0.25, -0.2) is 0 Å². The van der Waals surface area contributed by atoms with E-state index >= 15 is 0 Å². The van der Waals surface area contributed by atoms with Crippen molar-refractivity contribution in [2.75, 3.05) is 26.8 Å². The number of hydrogen-bond acceptors (Lipinski definition) is 5. The molecule has 17 heavy (non-hydrogen) atoms. The number of fused-ring (bicyclic) bond motifs is 1. The number of thiophene rings is 1. The molecule has 2 atom stereocenters. The fourth-order valence-electron chi connectivity index (χ4n) is 2.67. The van der Waals surface area contributed by atoms with E-state index in [4.69, 9.17) is 15.2 Å². The molecule has 5 heteroatoms. The monoisotopic (exact) mass is 254 g/mol. The van der Waals surface area contributed by atoms with Crippen molar-refractivity contribution in [2.45, 2.75) is 24.9 Å². The first kappa shape index (κ1) is 11.3. The van der Waals surface area contributed by atoms with Crippen LogP contribution in [0, 0.1) is 0 Å². The van der Waals surface area contributed by atoms with E-state index in [1.165, 1.54) is 5.56 Å². The van der Waals surface area contributed by atoms with E-state index in [1.807, 2.05) is 0 Å². The molecule has 0 bridgehead atoms. The van der Waals surface area contributed by atoms with Crippen LogP contribution in [0.15, 0.2) is 5.38 Å². The second kappa shape index (κ2) is 4.48. The lowest BCUT2D eigenvalue weighted by Crippen LogP contribution is -2.42. The molecular formula is C12H18N2O2S. The first-order valence-corrected chi connectivity index (χ1v) is 6.96. The van der Waals surface area contributed by atoms with E-state index < -0.39 is 0 Å². The summed E-state index contributed by atoms with van der Waals surface area (Å²) in [6.07, 6.45) is 2.19.